The largest absolute Gasteiger partial charge is 0.481 e. The van der Waals surface area contributed by atoms with Gasteiger partial charge in [0.05, 0.1) is 12.8 Å². The van der Waals surface area contributed by atoms with Crippen LogP contribution in [0.15, 0.2) is 18.2 Å². The zero-order valence-corrected chi connectivity index (χ0v) is 12.1. The van der Waals surface area contributed by atoms with Crippen LogP contribution in [0.1, 0.15) is 25.8 Å². The molecule has 1 N–H and O–H groups in total. The van der Waals surface area contributed by atoms with E-state index in [2.05, 4.69) is 0 Å². The molecule has 0 atom stereocenters. The fourth-order valence-corrected chi connectivity index (χ4v) is 1.95. The highest BCUT2D eigenvalue weighted by Gasteiger charge is 2.20. The number of rotatable bonds is 7. The molecule has 21 heavy (non-hydrogen) atoms. The molecule has 0 aromatic heterocycles. The van der Waals surface area contributed by atoms with E-state index >= 15 is 0 Å². The van der Waals surface area contributed by atoms with Crippen LogP contribution in [-0.4, -0.2) is 35.0 Å². The van der Waals surface area contributed by atoms with Crippen LogP contribution in [0.3, 0.4) is 0 Å². The average Bonchev–Trinajstić information content (AvgIpc) is 2.38. The summed E-state index contributed by atoms with van der Waals surface area (Å²) in [5.41, 5.74) is -0.286. The molecule has 0 spiro atoms. The van der Waals surface area contributed by atoms with Crippen molar-refractivity contribution >= 4 is 11.9 Å². The smallest absolute Gasteiger partial charge is 0.305 e. The Bertz CT molecular complexity index is 497. The maximum atomic E-state index is 13.5. The number of nitrogens with zero attached hydrogens (tertiary/aromatic N) is 1. The molecular weight excluding hydrogens is 280 g/mol. The van der Waals surface area contributed by atoms with Crippen molar-refractivity contribution in [2.24, 2.45) is 5.92 Å². The highest BCUT2D eigenvalue weighted by atomic mass is 19.1. The zero-order valence-electron chi connectivity index (χ0n) is 12.1. The topological polar surface area (TPSA) is 57.6 Å². The molecule has 0 bridgehead atoms. The van der Waals surface area contributed by atoms with E-state index < -0.39 is 29.9 Å². The summed E-state index contributed by atoms with van der Waals surface area (Å²) in [5.74, 6) is -2.91. The summed E-state index contributed by atoms with van der Waals surface area (Å²) >= 11 is 0. The van der Waals surface area contributed by atoms with Gasteiger partial charge in [-0.25, -0.2) is 8.78 Å². The van der Waals surface area contributed by atoms with E-state index in [-0.39, 0.29) is 24.4 Å². The van der Waals surface area contributed by atoms with E-state index in [1.165, 1.54) is 11.0 Å². The highest BCUT2D eigenvalue weighted by Crippen LogP contribution is 2.14. The first kappa shape index (κ1) is 17.1. The lowest BCUT2D eigenvalue weighted by atomic mass is 10.1. The molecule has 0 radical (unpaired) electrons. The number of amides is 1. The maximum absolute atomic E-state index is 13.5. The molecule has 6 heteroatoms. The lowest BCUT2D eigenvalue weighted by Crippen LogP contribution is -2.37. The van der Waals surface area contributed by atoms with Crippen LogP contribution >= 0.6 is 0 Å². The Morgan fingerprint density at radius 3 is 2.29 bits per heavy atom. The van der Waals surface area contributed by atoms with E-state index in [1.54, 1.807) is 0 Å². The number of aliphatic carboxylic acids is 1. The summed E-state index contributed by atoms with van der Waals surface area (Å²) < 4.78 is 27.1. The van der Waals surface area contributed by atoms with Crippen molar-refractivity contribution in [3.63, 3.8) is 0 Å². The molecule has 1 aromatic rings. The van der Waals surface area contributed by atoms with Crippen LogP contribution in [0.2, 0.25) is 0 Å². The Morgan fingerprint density at radius 2 is 1.81 bits per heavy atom. The van der Waals surface area contributed by atoms with Gasteiger partial charge in [-0.05, 0) is 18.1 Å². The molecule has 0 aliphatic carbocycles. The minimum atomic E-state index is -1.02. The Labute approximate surface area is 122 Å². The number of benzene rings is 1. The van der Waals surface area contributed by atoms with Crippen molar-refractivity contribution in [2.75, 3.05) is 13.1 Å². The monoisotopic (exact) mass is 299 g/mol. The molecule has 0 aliphatic heterocycles. The van der Waals surface area contributed by atoms with Gasteiger partial charge in [-0.1, -0.05) is 19.9 Å². The van der Waals surface area contributed by atoms with Crippen LogP contribution < -0.4 is 0 Å². The average molecular weight is 299 g/mol. The fraction of sp³-hybridized carbons (Fsp3) is 0.467. The van der Waals surface area contributed by atoms with Crippen molar-refractivity contribution in [2.45, 2.75) is 26.7 Å². The van der Waals surface area contributed by atoms with Crippen LogP contribution in [0, 0.1) is 17.6 Å². The minimum Gasteiger partial charge on any atom is -0.481 e. The van der Waals surface area contributed by atoms with Crippen LogP contribution in [0.25, 0.3) is 0 Å². The van der Waals surface area contributed by atoms with Crippen LogP contribution in [0.4, 0.5) is 8.78 Å². The molecule has 0 aliphatic rings. The summed E-state index contributed by atoms with van der Waals surface area (Å²) in [6.07, 6.45) is -0.608. The van der Waals surface area contributed by atoms with Gasteiger partial charge in [0.1, 0.15) is 11.6 Å². The predicted octanol–water partition coefficient (Wildman–Crippen LogP) is 2.47. The summed E-state index contributed by atoms with van der Waals surface area (Å²) in [5, 5.41) is 8.70. The van der Waals surface area contributed by atoms with Crippen molar-refractivity contribution in [1.29, 1.82) is 0 Å². The molecule has 1 rings (SSSR count). The number of carboxylic acids is 1. The van der Waals surface area contributed by atoms with Crippen molar-refractivity contribution in [3.05, 3.63) is 35.4 Å². The van der Waals surface area contributed by atoms with Crippen molar-refractivity contribution in [3.8, 4) is 0 Å². The van der Waals surface area contributed by atoms with Gasteiger partial charge < -0.3 is 10.0 Å². The Morgan fingerprint density at radius 1 is 1.24 bits per heavy atom. The number of hydrogen-bond acceptors (Lipinski definition) is 2. The van der Waals surface area contributed by atoms with Gasteiger partial charge in [0.2, 0.25) is 5.91 Å². The van der Waals surface area contributed by atoms with Crippen molar-refractivity contribution < 1.29 is 23.5 Å². The first-order valence-electron chi connectivity index (χ1n) is 6.73. The molecule has 4 nitrogen and oxygen atoms in total. The van der Waals surface area contributed by atoms with Gasteiger partial charge in [0.15, 0.2) is 0 Å². The molecular formula is C15H19F2NO3. The summed E-state index contributed by atoms with van der Waals surface area (Å²) in [7, 11) is 0. The Balaban J connectivity index is 2.82. The third-order valence-corrected chi connectivity index (χ3v) is 2.92. The number of carbonyl (C=O) groups excluding carboxylic acids is 1. The van der Waals surface area contributed by atoms with Gasteiger partial charge in [-0.2, -0.15) is 0 Å². The normalized spacial score (nSPS) is 10.7. The van der Waals surface area contributed by atoms with E-state index in [0.717, 1.165) is 12.1 Å². The molecule has 1 amide bonds. The van der Waals surface area contributed by atoms with E-state index in [1.807, 2.05) is 13.8 Å². The molecule has 0 saturated carbocycles. The first-order valence-corrected chi connectivity index (χ1v) is 6.73. The Kier molecular flexibility index (Phi) is 6.27. The predicted molar refractivity (Wildman–Crippen MR) is 73.7 cm³/mol. The third-order valence-electron chi connectivity index (χ3n) is 2.92. The van der Waals surface area contributed by atoms with Gasteiger partial charge in [-0.15, -0.1) is 0 Å². The fourth-order valence-electron chi connectivity index (χ4n) is 1.95. The summed E-state index contributed by atoms with van der Waals surface area (Å²) in [6, 6.07) is 3.42. The zero-order chi connectivity index (χ0) is 16.0. The molecule has 116 valence electrons. The molecule has 1 aromatic carbocycles. The maximum Gasteiger partial charge on any atom is 0.305 e. The molecule has 0 fully saturated rings. The van der Waals surface area contributed by atoms with E-state index in [0.29, 0.717) is 6.54 Å². The van der Waals surface area contributed by atoms with Gasteiger partial charge >= 0.3 is 5.97 Å². The second-order valence-corrected chi connectivity index (χ2v) is 5.25. The quantitative estimate of drug-likeness (QED) is 0.841. The Hall–Kier alpha value is -1.98. The minimum absolute atomic E-state index is 0.0302. The highest BCUT2D eigenvalue weighted by molar-refractivity contribution is 5.79. The van der Waals surface area contributed by atoms with E-state index in [4.69, 9.17) is 5.11 Å². The van der Waals surface area contributed by atoms with Crippen molar-refractivity contribution in [1.82, 2.24) is 4.90 Å². The number of carbonyl (C=O) groups is 2. The second kappa shape index (κ2) is 7.71. The molecule has 0 saturated heterocycles. The summed E-state index contributed by atoms with van der Waals surface area (Å²) in [6.45, 7) is 4.14. The second-order valence-electron chi connectivity index (χ2n) is 5.25. The number of carboxylic acid groups (broad SMARTS) is 1. The van der Waals surface area contributed by atoms with E-state index in [9.17, 15) is 18.4 Å². The van der Waals surface area contributed by atoms with Crippen LogP contribution in [0.5, 0.6) is 0 Å². The molecule has 0 unspecified atom stereocenters. The number of halogens is 2. The van der Waals surface area contributed by atoms with Gasteiger partial charge in [0.25, 0.3) is 0 Å². The summed E-state index contributed by atoms with van der Waals surface area (Å²) in [4.78, 5) is 24.1. The molecule has 0 heterocycles. The number of hydrogen-bond donors (Lipinski definition) is 1. The SMILES string of the molecule is CC(C)CN(CCC(=O)O)C(=O)Cc1c(F)cccc1F. The van der Waals surface area contributed by atoms with Gasteiger partial charge in [-0.3, -0.25) is 9.59 Å². The first-order chi connectivity index (χ1) is 9.81. The van der Waals surface area contributed by atoms with Gasteiger partial charge in [0, 0.05) is 18.7 Å². The third kappa shape index (κ3) is 5.49. The van der Waals surface area contributed by atoms with Crippen LogP contribution in [-0.2, 0) is 16.0 Å². The standard InChI is InChI=1S/C15H19F2NO3/c1-10(2)9-18(7-6-15(20)21)14(19)8-11-12(16)4-3-5-13(11)17/h3-5,10H,6-9H2,1-2H3,(H,20,21). The lowest BCUT2D eigenvalue weighted by Gasteiger charge is -2.24. The lowest BCUT2D eigenvalue weighted by molar-refractivity contribution is -0.138.